The van der Waals surface area contributed by atoms with Gasteiger partial charge in [-0.25, -0.2) is 4.98 Å². The molecule has 2 rings (SSSR count). The number of aromatic amines is 1. The fraction of sp³-hybridized carbons (Fsp3) is 0.125. The molecule has 1 aliphatic carbocycles. The quantitative estimate of drug-likeness (QED) is 0.750. The topological polar surface area (TPSA) is 72.1 Å². The highest BCUT2D eigenvalue weighted by atomic mass is 35.5. The minimum absolute atomic E-state index is 0.0521. The van der Waals surface area contributed by atoms with Crippen molar-refractivity contribution in [2.75, 3.05) is 7.11 Å². The van der Waals surface area contributed by atoms with Crippen LogP contribution in [-0.4, -0.2) is 28.6 Å². The van der Waals surface area contributed by atoms with Gasteiger partial charge in [-0.05, 0) is 0 Å². The average molecular weight is 213 g/mol. The summed E-state index contributed by atoms with van der Waals surface area (Å²) in [4.78, 5) is 29.3. The second-order valence-corrected chi connectivity index (χ2v) is 3.01. The van der Waals surface area contributed by atoms with E-state index in [4.69, 9.17) is 16.3 Å². The van der Waals surface area contributed by atoms with Gasteiger partial charge >= 0.3 is 0 Å². The standard InChI is InChI=1S/C8H5ClN2O3/c1-14-8-3(9)6(12)4-5(7(8)13)11-2-10-4/h2H,1H3,(H,10,11). The van der Waals surface area contributed by atoms with Crippen molar-refractivity contribution >= 4 is 23.2 Å². The molecule has 1 heterocycles. The number of ketones is 2. The molecular formula is C8H5ClN2O3. The molecule has 0 bridgehead atoms. The van der Waals surface area contributed by atoms with Crippen LogP contribution < -0.4 is 0 Å². The molecule has 1 aromatic rings. The van der Waals surface area contributed by atoms with E-state index >= 15 is 0 Å². The first-order valence-electron chi connectivity index (χ1n) is 3.73. The molecule has 0 atom stereocenters. The fourth-order valence-electron chi connectivity index (χ4n) is 1.24. The molecular weight excluding hydrogens is 208 g/mol. The Morgan fingerprint density at radius 1 is 1.43 bits per heavy atom. The van der Waals surface area contributed by atoms with Crippen molar-refractivity contribution in [2.24, 2.45) is 0 Å². The third-order valence-corrected chi connectivity index (χ3v) is 2.23. The van der Waals surface area contributed by atoms with Crippen LogP contribution >= 0.6 is 11.6 Å². The molecule has 0 saturated heterocycles. The molecule has 0 aliphatic heterocycles. The van der Waals surface area contributed by atoms with E-state index in [0.717, 1.165) is 0 Å². The van der Waals surface area contributed by atoms with E-state index in [0.29, 0.717) is 0 Å². The van der Waals surface area contributed by atoms with E-state index < -0.39 is 11.6 Å². The monoisotopic (exact) mass is 212 g/mol. The molecule has 0 fully saturated rings. The number of allylic oxidation sites excluding steroid dienone is 2. The lowest BCUT2D eigenvalue weighted by Crippen LogP contribution is -2.20. The van der Waals surface area contributed by atoms with Crippen molar-refractivity contribution in [1.82, 2.24) is 9.97 Å². The number of rotatable bonds is 1. The molecule has 0 saturated carbocycles. The van der Waals surface area contributed by atoms with Crippen LogP contribution in [-0.2, 0) is 4.74 Å². The van der Waals surface area contributed by atoms with Crippen molar-refractivity contribution in [2.45, 2.75) is 0 Å². The first-order valence-corrected chi connectivity index (χ1v) is 4.11. The number of carbonyl (C=O) groups is 2. The van der Waals surface area contributed by atoms with Gasteiger partial charge in [0, 0.05) is 0 Å². The van der Waals surface area contributed by atoms with E-state index in [-0.39, 0.29) is 22.2 Å². The summed E-state index contributed by atoms with van der Waals surface area (Å²) >= 11 is 5.65. The van der Waals surface area contributed by atoms with E-state index in [1.165, 1.54) is 13.4 Å². The van der Waals surface area contributed by atoms with Crippen LogP contribution in [0.3, 0.4) is 0 Å². The predicted octanol–water partition coefficient (Wildman–Crippen LogP) is 0.885. The van der Waals surface area contributed by atoms with Gasteiger partial charge in [-0.2, -0.15) is 0 Å². The minimum Gasteiger partial charge on any atom is -0.491 e. The smallest absolute Gasteiger partial charge is 0.249 e. The third kappa shape index (κ3) is 0.990. The highest BCUT2D eigenvalue weighted by molar-refractivity contribution is 6.49. The molecule has 0 spiro atoms. The SMILES string of the molecule is COC1=C(Cl)C(=O)c2[nH]cnc2C1=O. The predicted molar refractivity (Wildman–Crippen MR) is 47.1 cm³/mol. The van der Waals surface area contributed by atoms with Gasteiger partial charge in [-0.15, -0.1) is 0 Å². The summed E-state index contributed by atoms with van der Waals surface area (Å²) in [5.41, 5.74) is 0.164. The summed E-state index contributed by atoms with van der Waals surface area (Å²) in [5.74, 6) is -1.11. The molecule has 1 aliphatic rings. The Balaban J connectivity index is 2.66. The number of hydrogen-bond acceptors (Lipinski definition) is 4. The summed E-state index contributed by atoms with van der Waals surface area (Å²) in [5, 5.41) is -0.214. The maximum absolute atomic E-state index is 11.6. The number of H-pyrrole nitrogens is 1. The van der Waals surface area contributed by atoms with Crippen molar-refractivity contribution in [3.05, 3.63) is 28.5 Å². The molecule has 1 N–H and O–H groups in total. The molecule has 6 heteroatoms. The number of aromatic nitrogens is 2. The first-order chi connectivity index (χ1) is 6.66. The Morgan fingerprint density at radius 3 is 2.79 bits per heavy atom. The first kappa shape index (κ1) is 8.96. The number of nitrogens with one attached hydrogen (secondary N) is 1. The Hall–Kier alpha value is -1.62. The van der Waals surface area contributed by atoms with Gasteiger partial charge in [0.2, 0.25) is 11.6 Å². The highest BCUT2D eigenvalue weighted by Gasteiger charge is 2.34. The van der Waals surface area contributed by atoms with Crippen LogP contribution in [0.4, 0.5) is 0 Å². The number of nitrogens with zero attached hydrogens (tertiary/aromatic N) is 1. The average Bonchev–Trinajstić information content (AvgIpc) is 2.64. The largest absolute Gasteiger partial charge is 0.491 e. The number of fused-ring (bicyclic) bond motifs is 1. The lowest BCUT2D eigenvalue weighted by Gasteiger charge is -2.11. The Labute approximate surface area is 83.7 Å². The second-order valence-electron chi connectivity index (χ2n) is 2.63. The maximum atomic E-state index is 11.6. The van der Waals surface area contributed by atoms with Crippen LogP contribution in [0, 0.1) is 0 Å². The van der Waals surface area contributed by atoms with Crippen molar-refractivity contribution in [3.8, 4) is 0 Å². The van der Waals surface area contributed by atoms with Gasteiger partial charge in [-0.1, -0.05) is 11.6 Å². The number of halogens is 1. The lowest BCUT2D eigenvalue weighted by molar-refractivity contribution is 0.0907. The molecule has 14 heavy (non-hydrogen) atoms. The normalized spacial score (nSPS) is 15.9. The summed E-state index contributed by atoms with van der Waals surface area (Å²) in [6.07, 6.45) is 1.27. The molecule has 0 amide bonds. The van der Waals surface area contributed by atoms with Crippen LogP contribution in [0.15, 0.2) is 17.1 Å². The molecule has 72 valence electrons. The Morgan fingerprint density at radius 2 is 2.14 bits per heavy atom. The Bertz CT molecular complexity index is 461. The van der Waals surface area contributed by atoms with E-state index in [2.05, 4.69) is 9.97 Å². The summed E-state index contributed by atoms with van der Waals surface area (Å²) in [6.45, 7) is 0. The highest BCUT2D eigenvalue weighted by Crippen LogP contribution is 2.26. The van der Waals surface area contributed by atoms with Gasteiger partial charge < -0.3 is 9.72 Å². The van der Waals surface area contributed by atoms with Gasteiger partial charge in [0.1, 0.15) is 16.4 Å². The van der Waals surface area contributed by atoms with Crippen molar-refractivity contribution < 1.29 is 14.3 Å². The Kier molecular flexibility index (Phi) is 1.89. The van der Waals surface area contributed by atoms with Crippen LogP contribution in [0.2, 0.25) is 0 Å². The molecule has 1 aromatic heterocycles. The van der Waals surface area contributed by atoms with Gasteiger partial charge in [-0.3, -0.25) is 9.59 Å². The zero-order valence-corrected chi connectivity index (χ0v) is 7.88. The maximum Gasteiger partial charge on any atom is 0.249 e. The number of ether oxygens (including phenoxy) is 1. The fourth-order valence-corrected chi connectivity index (χ4v) is 1.50. The van der Waals surface area contributed by atoms with Crippen molar-refractivity contribution in [1.29, 1.82) is 0 Å². The second kappa shape index (κ2) is 2.95. The van der Waals surface area contributed by atoms with Crippen LogP contribution in [0.25, 0.3) is 0 Å². The molecule has 0 aromatic carbocycles. The zero-order valence-electron chi connectivity index (χ0n) is 7.13. The van der Waals surface area contributed by atoms with Crippen LogP contribution in [0.1, 0.15) is 21.0 Å². The van der Waals surface area contributed by atoms with E-state index in [9.17, 15) is 9.59 Å². The number of Topliss-reactive ketones (excluding diaryl/α,β-unsaturated/α-hetero) is 2. The molecule has 0 radical (unpaired) electrons. The van der Waals surface area contributed by atoms with Crippen LogP contribution in [0.5, 0.6) is 0 Å². The third-order valence-electron chi connectivity index (χ3n) is 1.89. The number of imidazole rings is 1. The molecule has 5 nitrogen and oxygen atoms in total. The molecule has 0 unspecified atom stereocenters. The van der Waals surface area contributed by atoms with E-state index in [1.54, 1.807) is 0 Å². The summed E-state index contributed by atoms with van der Waals surface area (Å²) in [7, 11) is 1.28. The number of hydrogen-bond donors (Lipinski definition) is 1. The minimum atomic E-state index is -0.478. The zero-order chi connectivity index (χ0) is 10.3. The van der Waals surface area contributed by atoms with E-state index in [1.807, 2.05) is 0 Å². The van der Waals surface area contributed by atoms with Crippen molar-refractivity contribution in [3.63, 3.8) is 0 Å². The summed E-state index contributed by atoms with van der Waals surface area (Å²) < 4.78 is 4.74. The lowest BCUT2D eigenvalue weighted by atomic mass is 10.0. The summed E-state index contributed by atoms with van der Waals surface area (Å²) in [6, 6.07) is 0. The van der Waals surface area contributed by atoms with Gasteiger partial charge in [0.05, 0.1) is 13.4 Å². The van der Waals surface area contributed by atoms with Gasteiger partial charge in [0.15, 0.2) is 5.76 Å². The van der Waals surface area contributed by atoms with Gasteiger partial charge in [0.25, 0.3) is 0 Å². The number of carbonyl (C=O) groups excluding carboxylic acids is 2. The number of methoxy groups -OCH3 is 1.